The first-order chi connectivity index (χ1) is 8.29. The minimum absolute atomic E-state index is 0.230. The van der Waals surface area contributed by atoms with E-state index in [9.17, 15) is 0 Å². The van der Waals surface area contributed by atoms with Crippen molar-refractivity contribution in [3.05, 3.63) is 0 Å². The summed E-state index contributed by atoms with van der Waals surface area (Å²) in [4.78, 5) is 0. The monoisotopic (exact) mass is 239 g/mol. The smallest absolute Gasteiger partial charge is 0.0693 e. The van der Waals surface area contributed by atoms with Gasteiger partial charge in [-0.05, 0) is 57.4 Å². The third-order valence-corrected chi connectivity index (χ3v) is 4.92. The fourth-order valence-corrected chi connectivity index (χ4v) is 3.56. The molecule has 0 aliphatic heterocycles. The molecule has 0 spiro atoms. The van der Waals surface area contributed by atoms with Gasteiger partial charge in [-0.25, -0.2) is 0 Å². The summed E-state index contributed by atoms with van der Waals surface area (Å²) in [5, 5.41) is 3.79. The van der Waals surface area contributed by atoms with Gasteiger partial charge >= 0.3 is 0 Å². The van der Waals surface area contributed by atoms with Crippen molar-refractivity contribution in [1.29, 1.82) is 0 Å². The highest BCUT2D eigenvalue weighted by Gasteiger charge is 2.40. The van der Waals surface area contributed by atoms with Gasteiger partial charge < -0.3 is 10.1 Å². The number of hydrogen-bond acceptors (Lipinski definition) is 2. The van der Waals surface area contributed by atoms with Crippen LogP contribution in [-0.4, -0.2) is 25.3 Å². The van der Waals surface area contributed by atoms with Crippen molar-refractivity contribution in [2.75, 3.05) is 13.7 Å². The summed E-state index contributed by atoms with van der Waals surface area (Å²) in [7, 11) is 1.91. The molecule has 2 rings (SSSR count). The molecular weight excluding hydrogens is 210 g/mol. The molecule has 0 aromatic carbocycles. The maximum Gasteiger partial charge on any atom is 0.0693 e. The molecule has 0 amide bonds. The van der Waals surface area contributed by atoms with Gasteiger partial charge in [-0.15, -0.1) is 0 Å². The number of methoxy groups -OCH3 is 1. The Balaban J connectivity index is 1.89. The van der Waals surface area contributed by atoms with E-state index in [0.29, 0.717) is 6.04 Å². The van der Waals surface area contributed by atoms with E-state index < -0.39 is 0 Å². The second kappa shape index (κ2) is 6.19. The topological polar surface area (TPSA) is 21.3 Å². The van der Waals surface area contributed by atoms with E-state index in [1.54, 1.807) is 0 Å². The zero-order valence-electron chi connectivity index (χ0n) is 11.6. The van der Waals surface area contributed by atoms with Gasteiger partial charge in [0.2, 0.25) is 0 Å². The number of rotatable bonds is 7. The van der Waals surface area contributed by atoms with Gasteiger partial charge in [-0.3, -0.25) is 0 Å². The van der Waals surface area contributed by atoms with Crippen molar-refractivity contribution >= 4 is 0 Å². The Kier molecular flexibility index (Phi) is 4.87. The molecule has 2 heteroatoms. The summed E-state index contributed by atoms with van der Waals surface area (Å²) >= 11 is 0. The Morgan fingerprint density at radius 3 is 2.41 bits per heavy atom. The second-order valence-corrected chi connectivity index (χ2v) is 6.05. The highest BCUT2D eigenvalue weighted by molar-refractivity contribution is 4.95. The predicted octanol–water partition coefficient (Wildman–Crippen LogP) is 3.50. The van der Waals surface area contributed by atoms with E-state index in [1.807, 2.05) is 7.11 Å². The molecule has 2 aliphatic rings. The molecule has 2 fully saturated rings. The molecule has 0 aromatic rings. The molecule has 0 saturated heterocycles. The summed E-state index contributed by atoms with van der Waals surface area (Å²) < 4.78 is 5.80. The Labute approximate surface area is 107 Å². The average molecular weight is 239 g/mol. The van der Waals surface area contributed by atoms with E-state index in [0.717, 1.165) is 5.92 Å². The minimum atomic E-state index is 0.230. The van der Waals surface area contributed by atoms with Gasteiger partial charge in [0.05, 0.1) is 5.60 Å². The van der Waals surface area contributed by atoms with Crippen molar-refractivity contribution in [3.8, 4) is 0 Å². The largest absolute Gasteiger partial charge is 0.378 e. The Bertz CT molecular complexity index is 213. The molecule has 1 N–H and O–H groups in total. The van der Waals surface area contributed by atoms with Crippen LogP contribution in [0, 0.1) is 5.92 Å². The molecule has 0 heterocycles. The van der Waals surface area contributed by atoms with Crippen LogP contribution in [0.1, 0.15) is 64.7 Å². The molecule has 2 aliphatic carbocycles. The van der Waals surface area contributed by atoms with Crippen LogP contribution in [0.25, 0.3) is 0 Å². The molecule has 100 valence electrons. The lowest BCUT2D eigenvalue weighted by molar-refractivity contribution is -0.0867. The standard InChI is InChI=1S/C15H29NO/c1-3-11-16-14(13-7-4-5-8-13)12-15(17-2)9-6-10-15/h13-14,16H,3-12H2,1-2H3. The van der Waals surface area contributed by atoms with Crippen molar-refractivity contribution in [2.24, 2.45) is 5.92 Å². The predicted molar refractivity (Wildman–Crippen MR) is 72.2 cm³/mol. The maximum atomic E-state index is 5.80. The van der Waals surface area contributed by atoms with Crippen LogP contribution in [0.5, 0.6) is 0 Å². The van der Waals surface area contributed by atoms with Crippen LogP contribution in [0.15, 0.2) is 0 Å². The van der Waals surface area contributed by atoms with Gasteiger partial charge in [0.25, 0.3) is 0 Å². The van der Waals surface area contributed by atoms with Crippen LogP contribution in [0.3, 0.4) is 0 Å². The van der Waals surface area contributed by atoms with Crippen LogP contribution >= 0.6 is 0 Å². The van der Waals surface area contributed by atoms with Gasteiger partial charge in [0.15, 0.2) is 0 Å². The van der Waals surface area contributed by atoms with Crippen LogP contribution in [0.4, 0.5) is 0 Å². The molecular formula is C15H29NO. The van der Waals surface area contributed by atoms with Crippen molar-refractivity contribution in [3.63, 3.8) is 0 Å². The van der Waals surface area contributed by atoms with Crippen molar-refractivity contribution in [2.45, 2.75) is 76.4 Å². The maximum absolute atomic E-state index is 5.80. The Morgan fingerprint density at radius 2 is 1.94 bits per heavy atom. The fraction of sp³-hybridized carbons (Fsp3) is 1.00. The Hall–Kier alpha value is -0.0800. The normalized spacial score (nSPS) is 25.8. The lowest BCUT2D eigenvalue weighted by Crippen LogP contribution is -2.48. The summed E-state index contributed by atoms with van der Waals surface area (Å²) in [6.07, 6.45) is 12.1. The summed E-state index contributed by atoms with van der Waals surface area (Å²) in [5.41, 5.74) is 0.230. The molecule has 1 unspecified atom stereocenters. The fourth-order valence-electron chi connectivity index (χ4n) is 3.56. The molecule has 0 bridgehead atoms. The summed E-state index contributed by atoms with van der Waals surface area (Å²) in [6.45, 7) is 3.43. The summed E-state index contributed by atoms with van der Waals surface area (Å²) in [6, 6.07) is 0.706. The number of ether oxygens (including phenoxy) is 1. The van der Waals surface area contributed by atoms with E-state index in [4.69, 9.17) is 4.74 Å². The molecule has 2 saturated carbocycles. The number of hydrogen-bond donors (Lipinski definition) is 1. The average Bonchev–Trinajstić information content (AvgIpc) is 2.81. The first-order valence-electron chi connectivity index (χ1n) is 7.58. The van der Waals surface area contributed by atoms with E-state index in [2.05, 4.69) is 12.2 Å². The lowest BCUT2D eigenvalue weighted by Gasteiger charge is -2.44. The third kappa shape index (κ3) is 3.23. The molecule has 2 nitrogen and oxygen atoms in total. The zero-order chi connectivity index (χ0) is 12.1. The quantitative estimate of drug-likeness (QED) is 0.734. The van der Waals surface area contributed by atoms with Crippen LogP contribution < -0.4 is 5.32 Å². The minimum Gasteiger partial charge on any atom is -0.378 e. The lowest BCUT2D eigenvalue weighted by atomic mass is 9.73. The summed E-state index contributed by atoms with van der Waals surface area (Å²) in [5.74, 6) is 0.911. The van der Waals surface area contributed by atoms with Gasteiger partial charge in [0, 0.05) is 13.2 Å². The second-order valence-electron chi connectivity index (χ2n) is 6.05. The zero-order valence-corrected chi connectivity index (χ0v) is 11.6. The molecule has 0 aromatic heterocycles. The Morgan fingerprint density at radius 1 is 1.24 bits per heavy atom. The highest BCUT2D eigenvalue weighted by Crippen LogP contribution is 2.41. The van der Waals surface area contributed by atoms with Crippen LogP contribution in [0.2, 0.25) is 0 Å². The van der Waals surface area contributed by atoms with Crippen molar-refractivity contribution < 1.29 is 4.74 Å². The number of nitrogens with one attached hydrogen (secondary N) is 1. The van der Waals surface area contributed by atoms with E-state index in [-0.39, 0.29) is 5.60 Å². The SMILES string of the molecule is CCCNC(CC1(OC)CCC1)C1CCCC1. The van der Waals surface area contributed by atoms with E-state index in [1.165, 1.54) is 64.3 Å². The first-order valence-corrected chi connectivity index (χ1v) is 7.58. The molecule has 17 heavy (non-hydrogen) atoms. The third-order valence-electron chi connectivity index (χ3n) is 4.92. The molecule has 1 atom stereocenters. The van der Waals surface area contributed by atoms with Crippen molar-refractivity contribution in [1.82, 2.24) is 5.32 Å². The van der Waals surface area contributed by atoms with Gasteiger partial charge in [-0.1, -0.05) is 19.8 Å². The van der Waals surface area contributed by atoms with Gasteiger partial charge in [-0.2, -0.15) is 0 Å². The van der Waals surface area contributed by atoms with E-state index >= 15 is 0 Å². The highest BCUT2D eigenvalue weighted by atomic mass is 16.5. The molecule has 0 radical (unpaired) electrons. The first kappa shape index (κ1) is 13.4. The van der Waals surface area contributed by atoms with Crippen LogP contribution in [-0.2, 0) is 4.74 Å². The van der Waals surface area contributed by atoms with Gasteiger partial charge in [0.1, 0.15) is 0 Å².